The maximum absolute atomic E-state index is 17.4. The highest BCUT2D eigenvalue weighted by Gasteiger charge is 2.61. The molecular weight excluding hydrogens is 1020 g/mol. The topological polar surface area (TPSA) is 280 Å². The van der Waals surface area contributed by atoms with Gasteiger partial charge in [-0.15, -0.1) is 0 Å². The summed E-state index contributed by atoms with van der Waals surface area (Å²) in [6, 6.07) is 18.9. The fraction of sp³-hybridized carbons (Fsp3) is 0.432. The summed E-state index contributed by atoms with van der Waals surface area (Å²) in [4.78, 5) is 64.1. The number of carbonyl (C=O) groups is 2. The molecule has 0 saturated carbocycles. The third kappa shape index (κ3) is 10.3. The number of hydrogen-bond donors (Lipinski definition) is 3. The molecule has 7 heterocycles. The van der Waals surface area contributed by atoms with E-state index < -0.39 is 102 Å². The number of phosphoric acid groups is 1. The summed E-state index contributed by atoms with van der Waals surface area (Å²) >= 11 is 6.12. The number of aromatic nitrogens is 8. The number of phosphoric ester groups is 1. The molecule has 3 saturated heterocycles. The van der Waals surface area contributed by atoms with Gasteiger partial charge in [-0.1, -0.05) is 57.2 Å². The van der Waals surface area contributed by atoms with Crippen LogP contribution in [0, 0.1) is 11.3 Å². The van der Waals surface area contributed by atoms with Gasteiger partial charge in [0.1, 0.15) is 42.7 Å². The number of carbonyl (C=O) groups excluding carboxylic acids is 2. The van der Waals surface area contributed by atoms with Crippen LogP contribution in [0.25, 0.3) is 22.3 Å². The number of ether oxygens (including phenoxy) is 2. The second kappa shape index (κ2) is 20.2. The van der Waals surface area contributed by atoms with E-state index in [1.54, 1.807) is 60.7 Å². The highest BCUT2D eigenvalue weighted by molar-refractivity contribution is 8.07. The van der Waals surface area contributed by atoms with Crippen molar-refractivity contribution in [3.05, 3.63) is 97.1 Å². The van der Waals surface area contributed by atoms with Gasteiger partial charge in [0.15, 0.2) is 60.9 Å². The van der Waals surface area contributed by atoms with E-state index in [1.165, 1.54) is 35.0 Å². The number of halogens is 1. The normalized spacial score (nSPS) is 29.1. The Balaban J connectivity index is 1.08. The number of rotatable bonds is 11. The molecule has 0 spiro atoms. The van der Waals surface area contributed by atoms with Crippen LogP contribution in [0.5, 0.6) is 0 Å². The van der Waals surface area contributed by atoms with Crippen LogP contribution >= 0.6 is 14.5 Å². The van der Waals surface area contributed by atoms with Crippen LogP contribution in [0.1, 0.15) is 67.3 Å². The molecule has 10 atom stereocenters. The molecule has 4 aromatic heterocycles. The molecule has 380 valence electrons. The average Bonchev–Trinajstić information content (AvgIpc) is 4.11. The summed E-state index contributed by atoms with van der Waals surface area (Å²) in [6.07, 6.45) is -5.53. The fourth-order valence-corrected chi connectivity index (χ4v) is 12.5. The van der Waals surface area contributed by atoms with E-state index in [1.807, 2.05) is 39.9 Å². The van der Waals surface area contributed by atoms with Gasteiger partial charge in [0, 0.05) is 11.1 Å². The van der Waals surface area contributed by atoms with Crippen molar-refractivity contribution in [1.82, 2.24) is 39.0 Å². The molecule has 3 aliphatic heterocycles. The molecule has 9 rings (SSSR count). The maximum Gasteiger partial charge on any atom is 0.473 e. The Morgan fingerprint density at radius 1 is 0.889 bits per heavy atom. The quantitative estimate of drug-likeness (QED) is 0.0659. The summed E-state index contributed by atoms with van der Waals surface area (Å²) in [5.41, 5.74) is -1.15. The Bertz CT molecular complexity index is 3130. The number of amides is 2. The number of benzene rings is 2. The lowest BCUT2D eigenvalue weighted by Crippen LogP contribution is -2.50. The van der Waals surface area contributed by atoms with E-state index in [9.17, 15) is 24.3 Å². The molecule has 6 aromatic rings. The lowest BCUT2D eigenvalue weighted by Gasteiger charge is -2.41. The van der Waals surface area contributed by atoms with Gasteiger partial charge in [-0.2, -0.15) is 5.26 Å². The first-order valence-electron chi connectivity index (χ1n) is 22.5. The number of nitriles is 1. The molecule has 3 unspecified atom stereocenters. The highest BCUT2D eigenvalue weighted by atomic mass is 32.5. The molecule has 3 N–H and O–H groups in total. The van der Waals surface area contributed by atoms with Crippen molar-refractivity contribution in [1.29, 1.82) is 5.26 Å². The number of nitrogens with zero attached hydrogens (tertiary/aromatic N) is 9. The van der Waals surface area contributed by atoms with Gasteiger partial charge in [0.25, 0.3) is 11.8 Å². The molecule has 3 aliphatic rings. The minimum Gasteiger partial charge on any atom is -0.408 e. The number of alkyl halides is 1. The van der Waals surface area contributed by atoms with Crippen molar-refractivity contribution in [2.24, 2.45) is 0 Å². The SMILES string of the molecule is CC(C)(C)[Si](C)(C)O[C@@H]1C2COP(=O)(O)O[C@]3(C)[C@@H](COP(=S)(OCCC#N)O[C@H]1[C@H](n1cnc4c(NC(=O)c5ccccc5)ncnc41)O2)O[C@@H](n1cnc2c(NC(=O)c4ccccc4)ncnc21)[C@@H]3F. The summed E-state index contributed by atoms with van der Waals surface area (Å²) in [7, 11) is -8.12. The minimum absolute atomic E-state index is 0.0207. The van der Waals surface area contributed by atoms with Gasteiger partial charge in [-0.3, -0.25) is 32.3 Å². The summed E-state index contributed by atoms with van der Waals surface area (Å²) in [6.45, 7) is 5.45. The predicted molar refractivity (Wildman–Crippen MR) is 261 cm³/mol. The van der Waals surface area contributed by atoms with Crippen LogP contribution in [0.2, 0.25) is 18.1 Å². The summed E-state index contributed by atoms with van der Waals surface area (Å²) in [5.74, 6) is -0.833. The first-order valence-corrected chi connectivity index (χ1v) is 29.5. The summed E-state index contributed by atoms with van der Waals surface area (Å²) < 4.78 is 85.4. The zero-order valence-corrected chi connectivity index (χ0v) is 43.2. The van der Waals surface area contributed by atoms with Crippen LogP contribution < -0.4 is 10.6 Å². The van der Waals surface area contributed by atoms with Crippen LogP contribution in [0.4, 0.5) is 16.0 Å². The second-order valence-corrected chi connectivity index (χ2v) is 27.7. The van der Waals surface area contributed by atoms with Crippen molar-refractivity contribution in [2.75, 3.05) is 30.5 Å². The third-order valence-corrected chi connectivity index (χ3v) is 20.8. The van der Waals surface area contributed by atoms with Crippen LogP contribution in [-0.4, -0.2) is 120 Å². The average molecular weight is 1070 g/mol. The number of hydrogen-bond acceptors (Lipinski definition) is 19. The Morgan fingerprint density at radius 2 is 1.44 bits per heavy atom. The number of anilines is 2. The predicted octanol–water partition coefficient (Wildman–Crippen LogP) is 7.16. The molecule has 2 aromatic carbocycles. The highest BCUT2D eigenvalue weighted by Crippen LogP contribution is 2.59. The van der Waals surface area contributed by atoms with Gasteiger partial charge in [-0.25, -0.2) is 38.9 Å². The van der Waals surface area contributed by atoms with E-state index >= 15 is 4.39 Å². The standard InChI is InChI=1S/C44H50FN11O12P2SSi/c1-43(2,3)72(5,6)67-32-28-20-62-69(59,60)68-44(4)29(65-42(34(44)45)56-25-52-31-36(48-23-50-38(31)56)54-40(58)27-16-11-8-12-17-27)21-63-70(71,61-19-13-18-46)66-33(32)41(64-28)55-24-51-30-35(47-22-49-37(30)55)53-39(57)26-14-9-7-10-15-26/h7-12,14-17,22-25,28-29,32-34,41-42H,13,19-21H2,1-6H3,(H,59,60)(H,47,49,53,57)(H,48,50,54,58)/t28?,29-,32-,33-,34+,41-,42-,44-,70?/m1/s1. The molecule has 72 heavy (non-hydrogen) atoms. The first-order chi connectivity index (χ1) is 34.2. The summed E-state index contributed by atoms with van der Waals surface area (Å²) in [5, 5.41) is 14.6. The monoisotopic (exact) mass is 1070 g/mol. The Kier molecular flexibility index (Phi) is 14.4. The molecule has 0 aliphatic carbocycles. The molecule has 3 fully saturated rings. The van der Waals surface area contributed by atoms with Crippen LogP contribution in [0.15, 0.2) is 86.0 Å². The van der Waals surface area contributed by atoms with E-state index in [4.69, 9.17) is 48.3 Å². The maximum atomic E-state index is 17.4. The van der Waals surface area contributed by atoms with Gasteiger partial charge >= 0.3 is 14.5 Å². The van der Waals surface area contributed by atoms with Crippen molar-refractivity contribution in [3.63, 3.8) is 0 Å². The van der Waals surface area contributed by atoms with Crippen molar-refractivity contribution in [2.45, 2.75) is 101 Å². The van der Waals surface area contributed by atoms with E-state index in [0.717, 1.165) is 6.33 Å². The molecule has 2 amide bonds. The van der Waals surface area contributed by atoms with E-state index in [2.05, 4.69) is 40.5 Å². The lowest BCUT2D eigenvalue weighted by molar-refractivity contribution is -0.0858. The van der Waals surface area contributed by atoms with Crippen LogP contribution in [-0.2, 0) is 52.9 Å². The van der Waals surface area contributed by atoms with Gasteiger partial charge in [0.2, 0.25) is 0 Å². The number of fused-ring (bicyclic) bond motifs is 5. The smallest absolute Gasteiger partial charge is 0.408 e. The Hall–Kier alpha value is -5.36. The van der Waals surface area contributed by atoms with Crippen molar-refractivity contribution < 1.29 is 60.0 Å². The lowest BCUT2D eigenvalue weighted by atomic mass is 9.96. The molecule has 28 heteroatoms. The van der Waals surface area contributed by atoms with Crippen molar-refractivity contribution >= 4 is 80.4 Å². The third-order valence-electron chi connectivity index (χ3n) is 12.9. The number of nitrogens with one attached hydrogen (secondary N) is 2. The zero-order valence-electron chi connectivity index (χ0n) is 39.6. The van der Waals surface area contributed by atoms with Gasteiger partial charge < -0.3 is 38.5 Å². The van der Waals surface area contributed by atoms with Crippen LogP contribution in [0.3, 0.4) is 0 Å². The molecular formula is C44H50FN11O12P2SSi. The van der Waals surface area contributed by atoms with E-state index in [-0.39, 0.29) is 47.0 Å². The van der Waals surface area contributed by atoms with Gasteiger partial charge in [-0.05, 0) is 61.1 Å². The fourth-order valence-electron chi connectivity index (χ4n) is 8.04. The Labute approximate surface area is 417 Å². The van der Waals surface area contributed by atoms with E-state index in [0.29, 0.717) is 11.1 Å². The number of imidazole rings is 2. The first kappa shape index (κ1) is 51.5. The molecule has 0 radical (unpaired) electrons. The second-order valence-electron chi connectivity index (χ2n) is 18.7. The van der Waals surface area contributed by atoms with Gasteiger partial charge in [0.05, 0.1) is 45.0 Å². The minimum atomic E-state index is -5.29. The molecule has 23 nitrogen and oxygen atoms in total. The zero-order chi connectivity index (χ0) is 51.2. The largest absolute Gasteiger partial charge is 0.473 e. The Morgan fingerprint density at radius 3 is 1.99 bits per heavy atom. The molecule has 2 bridgehead atoms. The van der Waals surface area contributed by atoms with Crippen molar-refractivity contribution in [3.8, 4) is 6.07 Å².